The number of hydrogen-bond donors (Lipinski definition) is 3. The summed E-state index contributed by atoms with van der Waals surface area (Å²) in [4.78, 5) is 41.0. The third-order valence-corrected chi connectivity index (χ3v) is 15.3. The maximum Gasteiger partial charge on any atom is 0.402 e. The van der Waals surface area contributed by atoms with Crippen LogP contribution in [0.4, 0.5) is 8.78 Å². The Balaban J connectivity index is 1.04. The minimum Gasteiger partial charge on any atom is -0.465 e. The number of ether oxygens (including phenoxy) is 5. The molecule has 6 bridgehead atoms. The Kier molecular flexibility index (Phi) is 11.7. The summed E-state index contributed by atoms with van der Waals surface area (Å²) in [7, 11) is -5.78. The van der Waals surface area contributed by atoms with E-state index in [0.717, 1.165) is 19.3 Å². The van der Waals surface area contributed by atoms with Crippen LogP contribution in [0.3, 0.4) is 0 Å². The molecule has 0 aromatic carbocycles. The monoisotopic (exact) mass is 818 g/mol. The first kappa shape index (κ1) is 42.2. The van der Waals surface area contributed by atoms with Crippen molar-refractivity contribution < 1.29 is 70.0 Å². The molecule has 7 rings (SSSR count). The van der Waals surface area contributed by atoms with Gasteiger partial charge in [0, 0.05) is 5.92 Å². The van der Waals surface area contributed by atoms with Crippen LogP contribution in [0, 0.1) is 57.7 Å². The maximum absolute atomic E-state index is 14.0. The maximum atomic E-state index is 14.0. The zero-order chi connectivity index (χ0) is 40.3. The minimum atomic E-state index is -5.78. The average molecular weight is 819 g/mol. The lowest BCUT2D eigenvalue weighted by molar-refractivity contribution is -0.275. The summed E-state index contributed by atoms with van der Waals surface area (Å²) in [6.07, 6.45) is 8.03. The van der Waals surface area contributed by atoms with Gasteiger partial charge in [-0.1, -0.05) is 26.7 Å². The van der Waals surface area contributed by atoms with Gasteiger partial charge in [0.1, 0.15) is 13.2 Å². The van der Waals surface area contributed by atoms with E-state index < -0.39 is 80.0 Å². The third-order valence-electron chi connectivity index (χ3n) is 14.5. The molecule has 7 fully saturated rings. The summed E-state index contributed by atoms with van der Waals surface area (Å²) in [5.74, 6) is -1.40. The van der Waals surface area contributed by atoms with Gasteiger partial charge in [0.05, 0.1) is 47.1 Å². The molecule has 0 radical (unpaired) electrons. The van der Waals surface area contributed by atoms with Crippen LogP contribution in [0.2, 0.25) is 0 Å². The second kappa shape index (κ2) is 15.6. The lowest BCUT2D eigenvalue weighted by atomic mass is 9.58. The topological polar surface area (TPSA) is 192 Å². The van der Waals surface area contributed by atoms with E-state index in [1.54, 1.807) is 0 Å². The third kappa shape index (κ3) is 8.80. The molecule has 0 spiro atoms. The van der Waals surface area contributed by atoms with Gasteiger partial charge in [0.25, 0.3) is 0 Å². The van der Waals surface area contributed by atoms with Gasteiger partial charge in [0.15, 0.2) is 12.9 Å². The highest BCUT2D eigenvalue weighted by Crippen LogP contribution is 2.55. The average Bonchev–Trinajstić information content (AvgIpc) is 3.10. The molecule has 1 saturated heterocycles. The molecule has 6 saturated carbocycles. The smallest absolute Gasteiger partial charge is 0.402 e. The van der Waals surface area contributed by atoms with Gasteiger partial charge >= 0.3 is 33.3 Å². The molecule has 318 valence electrons. The predicted octanol–water partition coefficient (Wildman–Crippen LogP) is 5.20. The number of rotatable bonds is 11. The Morgan fingerprint density at radius 1 is 0.768 bits per heavy atom. The molecule has 1 heterocycles. The van der Waals surface area contributed by atoms with Crippen LogP contribution in [-0.4, -0.2) is 97.4 Å². The SMILES string of the molecule is CC1CC2CC(C(=O)OCC3(COC(=O)C45CC(C)CC(CC(O)C4)C5)COC(C4CC5CCCC(C(=O)OCC(F)(F)S(=O)(=O)O)(C5)C4)OC3)CC(O)(C1)C2. The summed E-state index contributed by atoms with van der Waals surface area (Å²) in [5, 5.41) is 17.3. The number of carbonyl (C=O) groups is 3. The molecule has 3 N–H and O–H groups in total. The number of halogens is 2. The van der Waals surface area contributed by atoms with Gasteiger partial charge in [-0.2, -0.15) is 17.2 Å². The zero-order valence-corrected chi connectivity index (χ0v) is 33.5. The first-order valence-electron chi connectivity index (χ1n) is 20.7. The highest BCUT2D eigenvalue weighted by Gasteiger charge is 2.56. The minimum absolute atomic E-state index is 0.0131. The van der Waals surface area contributed by atoms with E-state index in [2.05, 4.69) is 13.8 Å². The molecule has 11 unspecified atom stereocenters. The largest absolute Gasteiger partial charge is 0.465 e. The Labute approximate surface area is 328 Å². The molecule has 0 amide bonds. The Hall–Kier alpha value is -1.98. The molecule has 0 aromatic rings. The van der Waals surface area contributed by atoms with Gasteiger partial charge in [-0.3, -0.25) is 18.9 Å². The number of hydrogen-bond acceptors (Lipinski definition) is 12. The molecule has 7 aliphatic rings. The molecule has 11 atom stereocenters. The number of carbonyl (C=O) groups excluding carboxylic acids is 3. The molecule has 56 heavy (non-hydrogen) atoms. The normalized spacial score (nSPS) is 43.9. The van der Waals surface area contributed by atoms with Gasteiger partial charge in [-0.25, -0.2) is 0 Å². The fourth-order valence-electron chi connectivity index (χ4n) is 12.6. The van der Waals surface area contributed by atoms with Crippen LogP contribution in [0.25, 0.3) is 0 Å². The summed E-state index contributed by atoms with van der Waals surface area (Å²) in [6.45, 7) is 2.09. The van der Waals surface area contributed by atoms with Crippen molar-refractivity contribution in [2.75, 3.05) is 33.0 Å². The van der Waals surface area contributed by atoms with Crippen LogP contribution in [0.15, 0.2) is 0 Å². The van der Waals surface area contributed by atoms with E-state index in [-0.39, 0.29) is 56.5 Å². The van der Waals surface area contributed by atoms with E-state index >= 15 is 0 Å². The molecule has 6 aliphatic carbocycles. The Morgan fingerprint density at radius 3 is 2.11 bits per heavy atom. The molecule has 16 heteroatoms. The standard InChI is InChI=1S/C40H60F2O13S/c1-24-6-28-10-31(43)18-38(11-24,14-28)35(46)54-22-36(19-51-32(44)29-9-27-7-25(2)12-39(47,15-27)17-29)20-52-33(53-21-36)30-8-26-4-3-5-37(13-26,16-30)34(45)55-23-40(41,42)56(48,49)50/h24-31,33,43,47H,3-23H2,1-2H3,(H,48,49,50). The number of aliphatic hydroxyl groups is 2. The first-order chi connectivity index (χ1) is 26.2. The molecule has 0 aromatic heterocycles. The van der Waals surface area contributed by atoms with Gasteiger partial charge in [-0.05, 0) is 119 Å². The van der Waals surface area contributed by atoms with Crippen LogP contribution in [0.5, 0.6) is 0 Å². The number of fused-ring (bicyclic) bond motifs is 6. The van der Waals surface area contributed by atoms with Crippen LogP contribution in [-0.2, 0) is 48.2 Å². The second-order valence-electron chi connectivity index (χ2n) is 19.8. The Morgan fingerprint density at radius 2 is 1.41 bits per heavy atom. The van der Waals surface area contributed by atoms with E-state index in [9.17, 15) is 41.8 Å². The fraction of sp³-hybridized carbons (Fsp3) is 0.925. The van der Waals surface area contributed by atoms with Crippen LogP contribution < -0.4 is 0 Å². The van der Waals surface area contributed by atoms with Crippen molar-refractivity contribution >= 4 is 28.0 Å². The molecular weight excluding hydrogens is 758 g/mol. The van der Waals surface area contributed by atoms with E-state index in [0.29, 0.717) is 88.9 Å². The van der Waals surface area contributed by atoms with Crippen molar-refractivity contribution in [2.45, 2.75) is 140 Å². The van der Waals surface area contributed by atoms with Crippen molar-refractivity contribution in [2.24, 2.45) is 57.7 Å². The summed E-state index contributed by atoms with van der Waals surface area (Å²) in [6, 6.07) is 0. The number of alkyl halides is 2. The van der Waals surface area contributed by atoms with Crippen LogP contribution in [0.1, 0.15) is 117 Å². The summed E-state index contributed by atoms with van der Waals surface area (Å²) < 4.78 is 88.9. The van der Waals surface area contributed by atoms with Gasteiger partial charge in [0.2, 0.25) is 0 Å². The van der Waals surface area contributed by atoms with Crippen molar-refractivity contribution in [3.63, 3.8) is 0 Å². The molecular formula is C40H60F2O13S. The fourth-order valence-corrected chi connectivity index (χ4v) is 12.8. The molecule has 13 nitrogen and oxygen atoms in total. The highest BCUT2D eigenvalue weighted by molar-refractivity contribution is 7.86. The summed E-state index contributed by atoms with van der Waals surface area (Å²) >= 11 is 0. The van der Waals surface area contributed by atoms with Gasteiger partial charge < -0.3 is 33.9 Å². The predicted molar refractivity (Wildman–Crippen MR) is 193 cm³/mol. The van der Waals surface area contributed by atoms with Crippen molar-refractivity contribution in [3.8, 4) is 0 Å². The summed E-state index contributed by atoms with van der Waals surface area (Å²) in [5.41, 5.74) is -3.95. The lowest BCUT2D eigenvalue weighted by Gasteiger charge is -2.50. The zero-order valence-electron chi connectivity index (χ0n) is 32.6. The molecule has 1 aliphatic heterocycles. The van der Waals surface area contributed by atoms with E-state index in [1.807, 2.05) is 0 Å². The van der Waals surface area contributed by atoms with E-state index in [4.69, 9.17) is 28.2 Å². The van der Waals surface area contributed by atoms with Crippen molar-refractivity contribution in [1.29, 1.82) is 0 Å². The lowest BCUT2D eigenvalue weighted by Crippen LogP contribution is -2.54. The highest BCUT2D eigenvalue weighted by atomic mass is 32.2. The van der Waals surface area contributed by atoms with E-state index in [1.165, 1.54) is 0 Å². The second-order valence-corrected chi connectivity index (χ2v) is 21.3. The number of esters is 3. The van der Waals surface area contributed by atoms with Crippen molar-refractivity contribution in [3.05, 3.63) is 0 Å². The Bertz CT molecular complexity index is 1580. The van der Waals surface area contributed by atoms with Crippen molar-refractivity contribution in [1.82, 2.24) is 0 Å². The van der Waals surface area contributed by atoms with Gasteiger partial charge in [-0.15, -0.1) is 0 Å². The van der Waals surface area contributed by atoms with Crippen LogP contribution >= 0.6 is 0 Å². The first-order valence-corrected chi connectivity index (χ1v) is 22.1. The quantitative estimate of drug-likeness (QED) is 0.140. The number of aliphatic hydroxyl groups excluding tert-OH is 1.